The van der Waals surface area contributed by atoms with Gasteiger partial charge in [0.2, 0.25) is 5.91 Å². The Kier molecular flexibility index (Phi) is 7.03. The van der Waals surface area contributed by atoms with Crippen molar-refractivity contribution in [3.05, 3.63) is 107 Å². The Morgan fingerprint density at radius 1 is 0.853 bits per heavy atom. The van der Waals surface area contributed by atoms with Crippen molar-refractivity contribution in [3.8, 4) is 5.69 Å². The average molecular weight is 454 g/mol. The van der Waals surface area contributed by atoms with E-state index >= 15 is 0 Å². The second kappa shape index (κ2) is 10.5. The first-order valence-corrected chi connectivity index (χ1v) is 11.1. The predicted molar refractivity (Wildman–Crippen MR) is 134 cm³/mol. The number of benzene rings is 3. The number of aromatic nitrogens is 2. The fourth-order valence-corrected chi connectivity index (χ4v) is 3.71. The fraction of sp³-hybridized carbons (Fsp3) is 0.148. The van der Waals surface area contributed by atoms with Gasteiger partial charge in [0.15, 0.2) is 0 Å². The molecule has 0 radical (unpaired) electrons. The van der Waals surface area contributed by atoms with E-state index in [2.05, 4.69) is 21.0 Å². The third kappa shape index (κ3) is 5.32. The first-order chi connectivity index (χ1) is 16.5. The van der Waals surface area contributed by atoms with Gasteiger partial charge in [-0.25, -0.2) is 4.68 Å². The van der Waals surface area contributed by atoms with Crippen LogP contribution in [-0.2, 0) is 11.3 Å². The summed E-state index contributed by atoms with van der Waals surface area (Å²) in [5.41, 5.74) is 5.28. The number of carbonyl (C=O) groups excluding carboxylic acids is 2. The minimum atomic E-state index is -0.224. The third-order valence-corrected chi connectivity index (χ3v) is 5.46. The van der Waals surface area contributed by atoms with Gasteiger partial charge >= 0.3 is 0 Å². The highest BCUT2D eigenvalue weighted by Gasteiger charge is 2.16. The monoisotopic (exact) mass is 453 g/mol. The van der Waals surface area contributed by atoms with Crippen LogP contribution in [0.25, 0.3) is 5.69 Å². The molecule has 2 amide bonds. The number of nitrogens with zero attached hydrogens (tertiary/aromatic N) is 2. The number of rotatable bonds is 8. The van der Waals surface area contributed by atoms with Crippen LogP contribution < -0.4 is 16.0 Å². The Morgan fingerprint density at radius 3 is 2.24 bits per heavy atom. The summed E-state index contributed by atoms with van der Waals surface area (Å²) >= 11 is 0. The number of hydrogen-bond acceptors (Lipinski definition) is 4. The lowest BCUT2D eigenvalue weighted by molar-refractivity contribution is -0.114. The number of amides is 2. The maximum Gasteiger partial charge on any atom is 0.253 e. The number of para-hydroxylation sites is 2. The molecular formula is C27H27N5O2. The van der Waals surface area contributed by atoms with E-state index in [-0.39, 0.29) is 18.4 Å². The number of carbonyl (C=O) groups is 2. The summed E-state index contributed by atoms with van der Waals surface area (Å²) in [7, 11) is 0. The molecule has 4 rings (SSSR count). The summed E-state index contributed by atoms with van der Waals surface area (Å²) < 4.78 is 1.81. The van der Waals surface area contributed by atoms with Crippen molar-refractivity contribution in [2.24, 2.45) is 0 Å². The van der Waals surface area contributed by atoms with E-state index in [9.17, 15) is 9.59 Å². The molecule has 172 valence electrons. The van der Waals surface area contributed by atoms with Gasteiger partial charge in [0.1, 0.15) is 0 Å². The molecule has 3 aromatic carbocycles. The Balaban J connectivity index is 1.39. The molecule has 0 aliphatic rings. The Labute approximate surface area is 198 Å². The quantitative estimate of drug-likeness (QED) is 0.367. The van der Waals surface area contributed by atoms with E-state index < -0.39 is 0 Å². The number of hydrogen-bond donors (Lipinski definition) is 3. The molecule has 0 saturated heterocycles. The van der Waals surface area contributed by atoms with Crippen LogP contribution in [0.15, 0.2) is 84.9 Å². The molecule has 34 heavy (non-hydrogen) atoms. The molecule has 0 aliphatic carbocycles. The van der Waals surface area contributed by atoms with Crippen molar-refractivity contribution < 1.29 is 9.59 Å². The Morgan fingerprint density at radius 2 is 1.50 bits per heavy atom. The van der Waals surface area contributed by atoms with Crippen LogP contribution in [0.3, 0.4) is 0 Å². The molecule has 4 aromatic rings. The summed E-state index contributed by atoms with van der Waals surface area (Å²) in [6.07, 6.45) is 0. The lowest BCUT2D eigenvalue weighted by Crippen LogP contribution is -2.26. The SMILES string of the molecule is Cc1nn(-c2ccccc2)c(C)c1NC(=O)CNc1ccccc1C(=O)NCc1ccccc1. The van der Waals surface area contributed by atoms with Gasteiger partial charge < -0.3 is 16.0 Å². The van der Waals surface area contributed by atoms with E-state index in [0.29, 0.717) is 23.5 Å². The molecule has 1 heterocycles. The molecule has 3 N–H and O–H groups in total. The number of nitrogens with one attached hydrogen (secondary N) is 3. The van der Waals surface area contributed by atoms with Crippen LogP contribution in [0.1, 0.15) is 27.3 Å². The Hall–Kier alpha value is -4.39. The van der Waals surface area contributed by atoms with Gasteiger partial charge in [-0.1, -0.05) is 60.7 Å². The van der Waals surface area contributed by atoms with Crippen LogP contribution in [0.4, 0.5) is 11.4 Å². The van der Waals surface area contributed by atoms with Crippen LogP contribution in [0.5, 0.6) is 0 Å². The topological polar surface area (TPSA) is 88.1 Å². The molecule has 0 unspecified atom stereocenters. The van der Waals surface area contributed by atoms with Crippen molar-refractivity contribution in [3.63, 3.8) is 0 Å². The molecule has 0 atom stereocenters. The third-order valence-electron chi connectivity index (χ3n) is 5.46. The van der Waals surface area contributed by atoms with Gasteiger partial charge in [0.05, 0.1) is 34.9 Å². The molecule has 0 spiro atoms. The van der Waals surface area contributed by atoms with Gasteiger partial charge in [0, 0.05) is 12.2 Å². The minimum Gasteiger partial charge on any atom is -0.376 e. The zero-order valence-electron chi connectivity index (χ0n) is 19.2. The molecular weight excluding hydrogens is 426 g/mol. The molecule has 7 heteroatoms. The fourth-order valence-electron chi connectivity index (χ4n) is 3.71. The van der Waals surface area contributed by atoms with Crippen LogP contribution in [0, 0.1) is 13.8 Å². The highest BCUT2D eigenvalue weighted by atomic mass is 16.2. The normalized spacial score (nSPS) is 10.5. The highest BCUT2D eigenvalue weighted by Crippen LogP contribution is 2.23. The summed E-state index contributed by atoms with van der Waals surface area (Å²) in [5, 5.41) is 13.5. The summed E-state index contributed by atoms with van der Waals surface area (Å²) in [6.45, 7) is 4.22. The van der Waals surface area contributed by atoms with Crippen molar-refractivity contribution in [1.82, 2.24) is 15.1 Å². The minimum absolute atomic E-state index is 0.0123. The van der Waals surface area contributed by atoms with Crippen molar-refractivity contribution in [1.29, 1.82) is 0 Å². The lowest BCUT2D eigenvalue weighted by atomic mass is 10.1. The van der Waals surface area contributed by atoms with Crippen LogP contribution >= 0.6 is 0 Å². The second-order valence-corrected chi connectivity index (χ2v) is 7.91. The average Bonchev–Trinajstić information content (AvgIpc) is 3.15. The summed E-state index contributed by atoms with van der Waals surface area (Å²) in [4.78, 5) is 25.5. The maximum absolute atomic E-state index is 12.7. The molecule has 7 nitrogen and oxygen atoms in total. The van der Waals surface area contributed by atoms with Crippen molar-refractivity contribution in [2.45, 2.75) is 20.4 Å². The number of anilines is 2. The molecule has 0 fully saturated rings. The zero-order valence-corrected chi connectivity index (χ0v) is 19.2. The van der Waals surface area contributed by atoms with Crippen molar-refractivity contribution >= 4 is 23.2 Å². The molecule has 1 aromatic heterocycles. The van der Waals surface area contributed by atoms with Gasteiger partial charge in [-0.15, -0.1) is 0 Å². The smallest absolute Gasteiger partial charge is 0.253 e. The predicted octanol–water partition coefficient (Wildman–Crippen LogP) is 4.47. The Bertz CT molecular complexity index is 1280. The van der Waals surface area contributed by atoms with Gasteiger partial charge in [-0.2, -0.15) is 5.10 Å². The second-order valence-electron chi connectivity index (χ2n) is 7.91. The van der Waals surface area contributed by atoms with E-state index in [1.807, 2.05) is 85.3 Å². The number of aryl methyl sites for hydroxylation is 1. The first kappa shape index (κ1) is 22.8. The van der Waals surface area contributed by atoms with Gasteiger partial charge in [-0.3, -0.25) is 9.59 Å². The largest absolute Gasteiger partial charge is 0.376 e. The highest BCUT2D eigenvalue weighted by molar-refractivity contribution is 6.01. The van der Waals surface area contributed by atoms with Crippen LogP contribution in [-0.4, -0.2) is 28.1 Å². The maximum atomic E-state index is 12.7. The van der Waals surface area contributed by atoms with E-state index in [1.165, 1.54) is 0 Å². The standard InChI is InChI=1S/C27H27N5O2/c1-19-26(20(2)32(31-19)22-13-7-4-8-14-22)30-25(33)18-28-24-16-10-9-15-23(24)27(34)29-17-21-11-5-3-6-12-21/h3-16,28H,17-18H2,1-2H3,(H,29,34)(H,30,33). The summed E-state index contributed by atoms with van der Waals surface area (Å²) in [5.74, 6) is -0.429. The van der Waals surface area contributed by atoms with E-state index in [0.717, 1.165) is 22.6 Å². The van der Waals surface area contributed by atoms with Crippen molar-refractivity contribution in [2.75, 3.05) is 17.2 Å². The van der Waals surface area contributed by atoms with Crippen LogP contribution in [0.2, 0.25) is 0 Å². The van der Waals surface area contributed by atoms with Gasteiger partial charge in [-0.05, 0) is 43.7 Å². The zero-order chi connectivity index (χ0) is 23.9. The molecule has 0 aliphatic heterocycles. The first-order valence-electron chi connectivity index (χ1n) is 11.1. The summed E-state index contributed by atoms with van der Waals surface area (Å²) in [6, 6.07) is 26.6. The van der Waals surface area contributed by atoms with Gasteiger partial charge in [0.25, 0.3) is 5.91 Å². The molecule has 0 bridgehead atoms. The lowest BCUT2D eigenvalue weighted by Gasteiger charge is -2.13. The molecule has 0 saturated carbocycles. The van der Waals surface area contributed by atoms with E-state index in [4.69, 9.17) is 0 Å². The van der Waals surface area contributed by atoms with E-state index in [1.54, 1.807) is 18.2 Å².